The summed E-state index contributed by atoms with van der Waals surface area (Å²) in [4.78, 5) is 0. The molecule has 0 saturated heterocycles. The van der Waals surface area contributed by atoms with Crippen LogP contribution in [0.15, 0.2) is 24.3 Å². The molecule has 2 N–H and O–H groups in total. The fraction of sp³-hybridized carbons (Fsp3) is 0.417. The van der Waals surface area contributed by atoms with Gasteiger partial charge in [0.25, 0.3) is 0 Å². The lowest BCUT2D eigenvalue weighted by Gasteiger charge is -1.99. The minimum Gasteiger partial charge on any atom is -0.374 e. The molecule has 0 fully saturated rings. The Balaban J connectivity index is 2.30. The molecule has 1 aromatic heterocycles. The molecule has 0 saturated carbocycles. The van der Waals surface area contributed by atoms with Crippen LogP contribution < -0.4 is 5.73 Å². The van der Waals surface area contributed by atoms with Gasteiger partial charge in [0.05, 0.1) is 24.4 Å². The molecule has 1 aromatic carbocycles. The SMILES string of the molecule is CCn1nc(COCCN)c2ccccc21. The molecule has 2 aromatic rings. The van der Waals surface area contributed by atoms with Crippen LogP contribution in [0, 0.1) is 0 Å². The Morgan fingerprint density at radius 3 is 2.94 bits per heavy atom. The van der Waals surface area contributed by atoms with Crippen LogP contribution in [0.25, 0.3) is 10.9 Å². The van der Waals surface area contributed by atoms with Gasteiger partial charge in [0.2, 0.25) is 0 Å². The van der Waals surface area contributed by atoms with Crippen LogP contribution >= 0.6 is 0 Å². The van der Waals surface area contributed by atoms with E-state index in [0.29, 0.717) is 19.8 Å². The second-order valence-electron chi connectivity index (χ2n) is 3.62. The van der Waals surface area contributed by atoms with Crippen LogP contribution in [0.2, 0.25) is 0 Å². The molecular formula is C12H17N3O. The molecule has 0 atom stereocenters. The number of aryl methyl sites for hydroxylation is 1. The van der Waals surface area contributed by atoms with Gasteiger partial charge in [-0.05, 0) is 13.0 Å². The summed E-state index contributed by atoms with van der Waals surface area (Å²) in [5.74, 6) is 0. The summed E-state index contributed by atoms with van der Waals surface area (Å²) < 4.78 is 7.43. The first-order valence-electron chi connectivity index (χ1n) is 5.59. The van der Waals surface area contributed by atoms with Crippen LogP contribution in [0.3, 0.4) is 0 Å². The molecule has 2 rings (SSSR count). The smallest absolute Gasteiger partial charge is 0.0960 e. The number of nitrogens with zero attached hydrogens (tertiary/aromatic N) is 2. The van der Waals surface area contributed by atoms with Crippen LogP contribution in [-0.2, 0) is 17.9 Å². The molecule has 0 aliphatic heterocycles. The van der Waals surface area contributed by atoms with Crippen molar-refractivity contribution in [3.05, 3.63) is 30.0 Å². The predicted octanol–water partition coefficient (Wildman–Crippen LogP) is 1.53. The van der Waals surface area contributed by atoms with Gasteiger partial charge in [-0.15, -0.1) is 0 Å². The third-order valence-electron chi connectivity index (χ3n) is 2.53. The molecule has 0 amide bonds. The highest BCUT2D eigenvalue weighted by molar-refractivity contribution is 5.81. The number of fused-ring (bicyclic) bond motifs is 1. The zero-order valence-electron chi connectivity index (χ0n) is 9.52. The number of rotatable bonds is 5. The zero-order chi connectivity index (χ0) is 11.4. The molecule has 0 unspecified atom stereocenters. The monoisotopic (exact) mass is 219 g/mol. The Morgan fingerprint density at radius 2 is 2.19 bits per heavy atom. The lowest BCUT2D eigenvalue weighted by atomic mass is 10.2. The molecule has 86 valence electrons. The summed E-state index contributed by atoms with van der Waals surface area (Å²) in [5.41, 5.74) is 7.54. The lowest BCUT2D eigenvalue weighted by Crippen LogP contribution is -2.08. The van der Waals surface area contributed by atoms with E-state index in [2.05, 4.69) is 24.2 Å². The van der Waals surface area contributed by atoms with Crippen LogP contribution in [-0.4, -0.2) is 22.9 Å². The maximum atomic E-state index is 5.43. The highest BCUT2D eigenvalue weighted by atomic mass is 16.5. The van der Waals surface area contributed by atoms with Gasteiger partial charge in [0.15, 0.2) is 0 Å². The average Bonchev–Trinajstić information content (AvgIpc) is 2.68. The molecular weight excluding hydrogens is 202 g/mol. The van der Waals surface area contributed by atoms with Crippen molar-refractivity contribution in [1.29, 1.82) is 0 Å². The number of hydrogen-bond donors (Lipinski definition) is 1. The third-order valence-corrected chi connectivity index (χ3v) is 2.53. The van der Waals surface area contributed by atoms with E-state index in [-0.39, 0.29) is 0 Å². The minimum absolute atomic E-state index is 0.532. The molecule has 0 aliphatic carbocycles. The standard InChI is InChI=1S/C12H17N3O/c1-2-15-12-6-4-3-5-10(12)11(14-15)9-16-8-7-13/h3-6H,2,7-9,13H2,1H3. The van der Waals surface area contributed by atoms with Gasteiger partial charge in [-0.25, -0.2) is 0 Å². The van der Waals surface area contributed by atoms with Crippen molar-refractivity contribution in [2.24, 2.45) is 5.73 Å². The fourth-order valence-corrected chi connectivity index (χ4v) is 1.80. The van der Waals surface area contributed by atoms with Gasteiger partial charge in [-0.1, -0.05) is 18.2 Å². The molecule has 0 spiro atoms. The topological polar surface area (TPSA) is 53.1 Å². The highest BCUT2D eigenvalue weighted by Crippen LogP contribution is 2.18. The number of ether oxygens (including phenoxy) is 1. The number of aromatic nitrogens is 2. The minimum atomic E-state index is 0.532. The van der Waals surface area contributed by atoms with Gasteiger partial charge in [0, 0.05) is 18.5 Å². The average molecular weight is 219 g/mol. The van der Waals surface area contributed by atoms with Crippen molar-refractivity contribution in [3.8, 4) is 0 Å². The van der Waals surface area contributed by atoms with Gasteiger partial charge in [-0.3, -0.25) is 4.68 Å². The first-order valence-corrected chi connectivity index (χ1v) is 5.59. The van der Waals surface area contributed by atoms with Crippen LogP contribution in [0.5, 0.6) is 0 Å². The van der Waals surface area contributed by atoms with Crippen LogP contribution in [0.1, 0.15) is 12.6 Å². The summed E-state index contributed by atoms with van der Waals surface area (Å²) in [6.07, 6.45) is 0. The van der Waals surface area contributed by atoms with Crippen molar-refractivity contribution in [2.45, 2.75) is 20.1 Å². The fourth-order valence-electron chi connectivity index (χ4n) is 1.80. The molecule has 4 nitrogen and oxygen atoms in total. The summed E-state index contributed by atoms with van der Waals surface area (Å²) in [6.45, 7) is 4.62. The van der Waals surface area contributed by atoms with Gasteiger partial charge < -0.3 is 10.5 Å². The molecule has 0 radical (unpaired) electrons. The summed E-state index contributed by atoms with van der Waals surface area (Å²) in [5, 5.41) is 5.70. The Bertz CT molecular complexity index is 464. The molecule has 0 bridgehead atoms. The summed E-state index contributed by atoms with van der Waals surface area (Å²) in [6, 6.07) is 8.21. The molecule has 0 aliphatic rings. The molecule has 16 heavy (non-hydrogen) atoms. The second-order valence-corrected chi connectivity index (χ2v) is 3.62. The maximum absolute atomic E-state index is 5.43. The van der Waals surface area contributed by atoms with E-state index in [1.807, 2.05) is 16.8 Å². The van der Waals surface area contributed by atoms with Crippen molar-refractivity contribution >= 4 is 10.9 Å². The highest BCUT2D eigenvalue weighted by Gasteiger charge is 2.08. The number of hydrogen-bond acceptors (Lipinski definition) is 3. The van der Waals surface area contributed by atoms with Crippen LogP contribution in [0.4, 0.5) is 0 Å². The quantitative estimate of drug-likeness (QED) is 0.776. The van der Waals surface area contributed by atoms with E-state index in [4.69, 9.17) is 10.5 Å². The Labute approximate surface area is 95.0 Å². The van der Waals surface area contributed by atoms with E-state index in [1.165, 1.54) is 5.39 Å². The molecule has 4 heteroatoms. The lowest BCUT2D eigenvalue weighted by molar-refractivity contribution is 0.126. The van der Waals surface area contributed by atoms with E-state index in [1.54, 1.807) is 0 Å². The number of nitrogens with two attached hydrogens (primary N) is 1. The van der Waals surface area contributed by atoms with Gasteiger partial charge in [0.1, 0.15) is 0 Å². The van der Waals surface area contributed by atoms with Crippen molar-refractivity contribution in [3.63, 3.8) is 0 Å². The first-order chi connectivity index (χ1) is 7.86. The summed E-state index contributed by atoms with van der Waals surface area (Å²) in [7, 11) is 0. The van der Waals surface area contributed by atoms with E-state index < -0.39 is 0 Å². The Morgan fingerprint density at radius 1 is 1.38 bits per heavy atom. The molecule has 1 heterocycles. The third kappa shape index (κ3) is 2.08. The summed E-state index contributed by atoms with van der Waals surface area (Å²) >= 11 is 0. The van der Waals surface area contributed by atoms with E-state index >= 15 is 0 Å². The maximum Gasteiger partial charge on any atom is 0.0960 e. The normalized spacial score (nSPS) is 11.1. The first kappa shape index (κ1) is 11.1. The number of para-hydroxylation sites is 1. The predicted molar refractivity (Wildman–Crippen MR) is 64.1 cm³/mol. The van der Waals surface area contributed by atoms with Gasteiger partial charge in [-0.2, -0.15) is 5.10 Å². The Kier molecular flexibility index (Phi) is 3.54. The van der Waals surface area contributed by atoms with Gasteiger partial charge >= 0.3 is 0 Å². The van der Waals surface area contributed by atoms with Crippen molar-refractivity contribution < 1.29 is 4.74 Å². The second kappa shape index (κ2) is 5.09. The van der Waals surface area contributed by atoms with Crippen molar-refractivity contribution in [2.75, 3.05) is 13.2 Å². The van der Waals surface area contributed by atoms with E-state index in [0.717, 1.165) is 17.8 Å². The zero-order valence-corrected chi connectivity index (χ0v) is 9.52. The number of benzene rings is 1. The largest absolute Gasteiger partial charge is 0.374 e. The van der Waals surface area contributed by atoms with E-state index in [9.17, 15) is 0 Å². The van der Waals surface area contributed by atoms with Crippen molar-refractivity contribution in [1.82, 2.24) is 9.78 Å². The Hall–Kier alpha value is -1.39.